The lowest BCUT2D eigenvalue weighted by Crippen LogP contribution is -2.36. The van der Waals surface area contributed by atoms with Gasteiger partial charge in [-0.15, -0.1) is 0 Å². The van der Waals surface area contributed by atoms with Crippen LogP contribution in [0.3, 0.4) is 0 Å². The highest BCUT2D eigenvalue weighted by Crippen LogP contribution is 2.59. The second-order valence-corrected chi connectivity index (χ2v) is 8.39. The summed E-state index contributed by atoms with van der Waals surface area (Å²) in [5, 5.41) is 3.76. The van der Waals surface area contributed by atoms with Crippen molar-refractivity contribution in [2.75, 3.05) is 19.0 Å². The average molecular weight is 349 g/mol. The van der Waals surface area contributed by atoms with Crippen molar-refractivity contribution in [3.05, 3.63) is 59.7 Å². The van der Waals surface area contributed by atoms with E-state index in [1.165, 1.54) is 42.5 Å². The summed E-state index contributed by atoms with van der Waals surface area (Å²) in [4.78, 5) is 0. The summed E-state index contributed by atoms with van der Waals surface area (Å²) in [5.41, 5.74) is 4.04. The molecule has 5 rings (SSSR count). The lowest BCUT2D eigenvalue weighted by Gasteiger charge is -2.41. The highest BCUT2D eigenvalue weighted by molar-refractivity contribution is 5.61. The molecule has 3 aliphatic rings. The quantitative estimate of drug-likeness (QED) is 0.784. The molecule has 26 heavy (non-hydrogen) atoms. The highest BCUT2D eigenvalue weighted by atomic mass is 16.5. The molecule has 0 radical (unpaired) electrons. The van der Waals surface area contributed by atoms with E-state index in [1.807, 2.05) is 0 Å². The second kappa shape index (κ2) is 6.02. The zero-order chi connectivity index (χ0) is 17.6. The van der Waals surface area contributed by atoms with Gasteiger partial charge in [0.05, 0.1) is 25.4 Å². The summed E-state index contributed by atoms with van der Waals surface area (Å²) >= 11 is 0. The van der Waals surface area contributed by atoms with Crippen LogP contribution in [0.1, 0.15) is 55.7 Å². The van der Waals surface area contributed by atoms with E-state index in [4.69, 9.17) is 9.47 Å². The van der Waals surface area contributed by atoms with Crippen molar-refractivity contribution in [2.24, 2.45) is 5.41 Å². The maximum atomic E-state index is 6.69. The Balaban J connectivity index is 1.57. The van der Waals surface area contributed by atoms with Crippen LogP contribution in [-0.4, -0.2) is 13.7 Å². The minimum Gasteiger partial charge on any atom is -0.497 e. The molecule has 3 heteroatoms. The van der Waals surface area contributed by atoms with Crippen molar-refractivity contribution in [2.45, 2.75) is 50.2 Å². The molecule has 2 fully saturated rings. The third-order valence-electron chi connectivity index (χ3n) is 6.76. The number of methoxy groups -OCH3 is 1. The molecule has 1 saturated heterocycles. The number of nitrogens with one attached hydrogen (secondary N) is 1. The van der Waals surface area contributed by atoms with Gasteiger partial charge in [0, 0.05) is 23.7 Å². The van der Waals surface area contributed by atoms with E-state index < -0.39 is 0 Å². The summed E-state index contributed by atoms with van der Waals surface area (Å²) < 4.78 is 12.2. The standard InChI is InChI=1S/C23H27NO2/c1-25-18-9-10-19-20(13-18)24-21(17-7-3-2-4-8-17)14-23(19)15-22(16-26-23)11-5-6-12-22/h2-4,7-10,13,21,24H,5-6,11-12,14-16H2,1H3/t21?,23-/m1/s1. The molecule has 1 unspecified atom stereocenters. The zero-order valence-electron chi connectivity index (χ0n) is 15.5. The van der Waals surface area contributed by atoms with Gasteiger partial charge in [0.15, 0.2) is 0 Å². The molecule has 2 atom stereocenters. The molecule has 0 aromatic heterocycles. The van der Waals surface area contributed by atoms with Gasteiger partial charge in [0.1, 0.15) is 5.75 Å². The van der Waals surface area contributed by atoms with Crippen LogP contribution in [0.4, 0.5) is 5.69 Å². The first-order chi connectivity index (χ1) is 12.7. The third-order valence-corrected chi connectivity index (χ3v) is 6.76. The Hall–Kier alpha value is -2.00. The Morgan fingerprint density at radius 2 is 1.88 bits per heavy atom. The van der Waals surface area contributed by atoms with Crippen molar-refractivity contribution in [1.29, 1.82) is 0 Å². The van der Waals surface area contributed by atoms with E-state index in [0.717, 1.165) is 25.2 Å². The lowest BCUT2D eigenvalue weighted by atomic mass is 9.72. The molecule has 3 nitrogen and oxygen atoms in total. The van der Waals surface area contributed by atoms with Gasteiger partial charge in [0.2, 0.25) is 0 Å². The van der Waals surface area contributed by atoms with Crippen molar-refractivity contribution < 1.29 is 9.47 Å². The van der Waals surface area contributed by atoms with Crippen molar-refractivity contribution in [1.82, 2.24) is 0 Å². The smallest absolute Gasteiger partial charge is 0.120 e. The fourth-order valence-electron chi connectivity index (χ4n) is 5.48. The van der Waals surface area contributed by atoms with E-state index in [-0.39, 0.29) is 11.6 Å². The van der Waals surface area contributed by atoms with Crippen LogP contribution < -0.4 is 10.1 Å². The van der Waals surface area contributed by atoms with Crippen molar-refractivity contribution in [3.8, 4) is 5.75 Å². The second-order valence-electron chi connectivity index (χ2n) is 8.39. The highest BCUT2D eigenvalue weighted by Gasteiger charge is 2.54. The van der Waals surface area contributed by atoms with Crippen molar-refractivity contribution >= 4 is 5.69 Å². The van der Waals surface area contributed by atoms with Crippen LogP contribution in [0.5, 0.6) is 5.75 Å². The Kier molecular flexibility index (Phi) is 3.75. The van der Waals surface area contributed by atoms with Gasteiger partial charge in [-0.1, -0.05) is 49.2 Å². The molecular weight excluding hydrogens is 322 g/mol. The van der Waals surface area contributed by atoms with Gasteiger partial charge in [-0.2, -0.15) is 0 Å². The van der Waals surface area contributed by atoms with Crippen LogP contribution in [0.2, 0.25) is 0 Å². The monoisotopic (exact) mass is 349 g/mol. The van der Waals surface area contributed by atoms with Crippen molar-refractivity contribution in [3.63, 3.8) is 0 Å². The predicted octanol–water partition coefficient (Wildman–Crippen LogP) is 5.43. The van der Waals surface area contributed by atoms with E-state index in [2.05, 4.69) is 53.8 Å². The van der Waals surface area contributed by atoms with Crippen LogP contribution in [0.15, 0.2) is 48.5 Å². The minimum atomic E-state index is -0.169. The van der Waals surface area contributed by atoms with Crippen LogP contribution in [-0.2, 0) is 10.3 Å². The fraction of sp³-hybridized carbons (Fsp3) is 0.478. The van der Waals surface area contributed by atoms with Gasteiger partial charge in [0.25, 0.3) is 0 Å². The summed E-state index contributed by atoms with van der Waals surface area (Å²) in [6.45, 7) is 0.917. The number of hydrogen-bond donors (Lipinski definition) is 1. The van der Waals surface area contributed by atoms with Gasteiger partial charge >= 0.3 is 0 Å². The molecule has 1 N–H and O–H groups in total. The van der Waals surface area contributed by atoms with Gasteiger partial charge in [-0.3, -0.25) is 0 Å². The van der Waals surface area contributed by atoms with Gasteiger partial charge in [-0.05, 0) is 36.3 Å². The van der Waals surface area contributed by atoms with E-state index >= 15 is 0 Å². The topological polar surface area (TPSA) is 30.5 Å². The first-order valence-electron chi connectivity index (χ1n) is 9.86. The first kappa shape index (κ1) is 16.2. The van der Waals surface area contributed by atoms with Crippen LogP contribution in [0, 0.1) is 5.41 Å². The Morgan fingerprint density at radius 3 is 2.65 bits per heavy atom. The molecule has 2 heterocycles. The Labute approximate surface area is 155 Å². The van der Waals surface area contributed by atoms with E-state index in [9.17, 15) is 0 Å². The summed E-state index contributed by atoms with van der Waals surface area (Å²) in [6, 6.07) is 17.5. The molecule has 1 aliphatic carbocycles. The number of benzene rings is 2. The largest absolute Gasteiger partial charge is 0.497 e. The van der Waals surface area contributed by atoms with Gasteiger partial charge < -0.3 is 14.8 Å². The molecule has 136 valence electrons. The Morgan fingerprint density at radius 1 is 1.08 bits per heavy atom. The normalized spacial score (nSPS) is 28.9. The maximum Gasteiger partial charge on any atom is 0.120 e. The molecule has 2 aromatic rings. The van der Waals surface area contributed by atoms with Crippen LogP contribution in [0.25, 0.3) is 0 Å². The SMILES string of the molecule is COc1ccc2c(c1)NC(c1ccccc1)C[C@@]21CC2(CCCC2)CO1. The van der Waals surface area contributed by atoms with Gasteiger partial charge in [-0.25, -0.2) is 0 Å². The number of rotatable bonds is 2. The molecule has 2 aromatic carbocycles. The van der Waals surface area contributed by atoms with Crippen LogP contribution >= 0.6 is 0 Å². The molecule has 1 saturated carbocycles. The number of fused-ring (bicyclic) bond motifs is 2. The first-order valence-corrected chi connectivity index (χ1v) is 9.86. The summed E-state index contributed by atoms with van der Waals surface area (Å²) in [7, 11) is 1.73. The minimum absolute atomic E-state index is 0.169. The lowest BCUT2D eigenvalue weighted by molar-refractivity contribution is -0.0161. The maximum absolute atomic E-state index is 6.69. The average Bonchev–Trinajstić information content (AvgIpc) is 3.29. The molecule has 2 aliphatic heterocycles. The Bertz CT molecular complexity index is 797. The molecular formula is C23H27NO2. The summed E-state index contributed by atoms with van der Waals surface area (Å²) in [5.74, 6) is 0.897. The molecule has 0 amide bonds. The number of hydrogen-bond acceptors (Lipinski definition) is 3. The number of ether oxygens (including phenoxy) is 2. The fourth-order valence-corrected chi connectivity index (χ4v) is 5.48. The van der Waals surface area contributed by atoms with E-state index in [1.54, 1.807) is 7.11 Å². The molecule has 0 bridgehead atoms. The van der Waals surface area contributed by atoms with E-state index in [0.29, 0.717) is 5.41 Å². The predicted molar refractivity (Wildman–Crippen MR) is 104 cm³/mol. The third kappa shape index (κ3) is 2.52. The zero-order valence-corrected chi connectivity index (χ0v) is 15.5. The summed E-state index contributed by atoms with van der Waals surface area (Å²) in [6.07, 6.45) is 7.51. The number of anilines is 1. The molecule has 2 spiro atoms.